The third-order valence-corrected chi connectivity index (χ3v) is 3.59. The molecule has 0 saturated carbocycles. The SMILES string of the molecule is Fc1cccc(F)c1-c1cn2nc(Br)sc2n1. The van der Waals surface area contributed by atoms with E-state index in [-0.39, 0.29) is 11.3 Å². The van der Waals surface area contributed by atoms with Crippen LogP contribution < -0.4 is 0 Å². The Kier molecular flexibility index (Phi) is 2.44. The van der Waals surface area contributed by atoms with Gasteiger partial charge in [0.05, 0.1) is 17.5 Å². The van der Waals surface area contributed by atoms with Gasteiger partial charge in [0, 0.05) is 0 Å². The highest BCUT2D eigenvalue weighted by Crippen LogP contribution is 2.27. The highest BCUT2D eigenvalue weighted by molar-refractivity contribution is 9.11. The number of rotatable bonds is 1. The summed E-state index contributed by atoms with van der Waals surface area (Å²) in [5.41, 5.74) is 0.119. The van der Waals surface area contributed by atoms with Crippen molar-refractivity contribution in [3.05, 3.63) is 39.9 Å². The molecule has 0 radical (unpaired) electrons. The predicted molar refractivity (Wildman–Crippen MR) is 63.9 cm³/mol. The van der Waals surface area contributed by atoms with E-state index in [1.54, 1.807) is 0 Å². The normalized spacial score (nSPS) is 11.2. The summed E-state index contributed by atoms with van der Waals surface area (Å²) in [7, 11) is 0. The van der Waals surface area contributed by atoms with Crippen LogP contribution in [0.5, 0.6) is 0 Å². The van der Waals surface area contributed by atoms with Crippen molar-refractivity contribution < 1.29 is 8.78 Å². The van der Waals surface area contributed by atoms with Crippen molar-refractivity contribution in [1.82, 2.24) is 14.6 Å². The molecule has 0 saturated heterocycles. The molecule has 2 heterocycles. The number of halogens is 3. The first-order chi connectivity index (χ1) is 8.15. The second kappa shape index (κ2) is 3.85. The summed E-state index contributed by atoms with van der Waals surface area (Å²) in [4.78, 5) is 4.71. The largest absolute Gasteiger partial charge is 0.217 e. The van der Waals surface area contributed by atoms with Crippen LogP contribution in [0.4, 0.5) is 8.78 Å². The van der Waals surface area contributed by atoms with E-state index in [1.165, 1.54) is 40.2 Å². The van der Waals surface area contributed by atoms with Crippen LogP contribution in [0.15, 0.2) is 28.3 Å². The molecular weight excluding hydrogens is 312 g/mol. The van der Waals surface area contributed by atoms with Crippen molar-refractivity contribution in [2.75, 3.05) is 0 Å². The maximum Gasteiger partial charge on any atom is 0.213 e. The molecule has 0 fully saturated rings. The standard InChI is InChI=1S/C10H4BrF2N3S/c11-9-15-16-4-7(14-10(16)17-9)8-5(12)2-1-3-6(8)13/h1-4H. The van der Waals surface area contributed by atoms with Crippen molar-refractivity contribution in [2.45, 2.75) is 0 Å². The summed E-state index contributed by atoms with van der Waals surface area (Å²) in [6.07, 6.45) is 1.50. The van der Waals surface area contributed by atoms with Gasteiger partial charge in [0.15, 0.2) is 3.92 Å². The van der Waals surface area contributed by atoms with Crippen molar-refractivity contribution in [2.24, 2.45) is 0 Å². The fourth-order valence-electron chi connectivity index (χ4n) is 1.54. The Morgan fingerprint density at radius 2 is 1.94 bits per heavy atom. The highest BCUT2D eigenvalue weighted by Gasteiger charge is 2.15. The Morgan fingerprint density at radius 1 is 1.24 bits per heavy atom. The number of hydrogen-bond acceptors (Lipinski definition) is 3. The van der Waals surface area contributed by atoms with Crippen molar-refractivity contribution in [3.8, 4) is 11.3 Å². The zero-order valence-corrected chi connectivity index (χ0v) is 10.6. The van der Waals surface area contributed by atoms with Crippen molar-refractivity contribution in [1.29, 1.82) is 0 Å². The maximum absolute atomic E-state index is 13.5. The molecule has 1 aromatic carbocycles. The molecule has 0 aliphatic carbocycles. The molecule has 7 heteroatoms. The fraction of sp³-hybridized carbons (Fsp3) is 0. The third-order valence-electron chi connectivity index (χ3n) is 2.24. The summed E-state index contributed by atoms with van der Waals surface area (Å²) in [5.74, 6) is -1.26. The predicted octanol–water partition coefficient (Wildman–Crippen LogP) is 3.50. The van der Waals surface area contributed by atoms with Crippen LogP contribution in [0.3, 0.4) is 0 Å². The number of imidazole rings is 1. The van der Waals surface area contributed by atoms with Gasteiger partial charge in [0.25, 0.3) is 0 Å². The minimum Gasteiger partial charge on any atom is -0.217 e. The first-order valence-corrected chi connectivity index (χ1v) is 6.22. The number of hydrogen-bond donors (Lipinski definition) is 0. The summed E-state index contributed by atoms with van der Waals surface area (Å²) in [6.45, 7) is 0. The molecule has 17 heavy (non-hydrogen) atoms. The lowest BCUT2D eigenvalue weighted by Gasteiger charge is -1.99. The second-order valence-electron chi connectivity index (χ2n) is 3.30. The summed E-state index contributed by atoms with van der Waals surface area (Å²) >= 11 is 4.50. The molecule has 0 spiro atoms. The monoisotopic (exact) mass is 315 g/mol. The summed E-state index contributed by atoms with van der Waals surface area (Å²) in [6, 6.07) is 3.73. The molecule has 0 N–H and O–H groups in total. The average Bonchev–Trinajstić information content (AvgIpc) is 2.74. The van der Waals surface area contributed by atoms with Gasteiger partial charge in [0.1, 0.15) is 11.6 Å². The van der Waals surface area contributed by atoms with Crippen LogP contribution >= 0.6 is 27.3 Å². The summed E-state index contributed by atoms with van der Waals surface area (Å²) < 4.78 is 29.2. The van der Waals surface area contributed by atoms with Crippen molar-refractivity contribution >= 4 is 32.2 Å². The van der Waals surface area contributed by atoms with Gasteiger partial charge >= 0.3 is 0 Å². The Bertz CT molecular complexity index is 655. The molecular formula is C10H4BrF2N3S. The molecule has 0 atom stereocenters. The lowest BCUT2D eigenvalue weighted by atomic mass is 10.1. The molecule has 0 aliphatic heterocycles. The van der Waals surface area contributed by atoms with Gasteiger partial charge in [-0.15, -0.1) is 5.10 Å². The molecule has 3 nitrogen and oxygen atoms in total. The van der Waals surface area contributed by atoms with E-state index in [0.29, 0.717) is 8.88 Å². The number of fused-ring (bicyclic) bond motifs is 1. The molecule has 86 valence electrons. The van der Waals surface area contributed by atoms with Gasteiger partial charge < -0.3 is 0 Å². The van der Waals surface area contributed by atoms with Crippen LogP contribution in [-0.4, -0.2) is 14.6 Å². The molecule has 2 aromatic heterocycles. The lowest BCUT2D eigenvalue weighted by Crippen LogP contribution is -1.89. The van der Waals surface area contributed by atoms with Gasteiger partial charge in [0.2, 0.25) is 4.96 Å². The zero-order valence-electron chi connectivity index (χ0n) is 8.19. The third kappa shape index (κ3) is 1.75. The smallest absolute Gasteiger partial charge is 0.213 e. The van der Waals surface area contributed by atoms with Gasteiger partial charge in [-0.05, 0) is 28.1 Å². The van der Waals surface area contributed by atoms with E-state index in [2.05, 4.69) is 26.0 Å². The maximum atomic E-state index is 13.5. The van der Waals surface area contributed by atoms with Gasteiger partial charge in [-0.2, -0.15) is 0 Å². The molecule has 0 unspecified atom stereocenters. The average molecular weight is 316 g/mol. The quantitative estimate of drug-likeness (QED) is 0.688. The minimum atomic E-state index is -0.630. The van der Waals surface area contributed by atoms with E-state index in [4.69, 9.17) is 0 Å². The van der Waals surface area contributed by atoms with Crippen LogP contribution in [0, 0.1) is 11.6 Å². The van der Waals surface area contributed by atoms with Gasteiger partial charge in [-0.1, -0.05) is 17.4 Å². The van der Waals surface area contributed by atoms with Gasteiger partial charge in [-0.3, -0.25) is 0 Å². The zero-order chi connectivity index (χ0) is 12.0. The lowest BCUT2D eigenvalue weighted by molar-refractivity contribution is 0.589. The second-order valence-corrected chi connectivity index (χ2v) is 5.54. The van der Waals surface area contributed by atoms with Crippen LogP contribution in [0.2, 0.25) is 0 Å². The minimum absolute atomic E-state index is 0.124. The van der Waals surface area contributed by atoms with Crippen molar-refractivity contribution in [3.63, 3.8) is 0 Å². The Labute approximate surface area is 107 Å². The molecule has 0 amide bonds. The first-order valence-electron chi connectivity index (χ1n) is 4.61. The van der Waals surface area contributed by atoms with E-state index < -0.39 is 11.6 Å². The molecule has 0 bridgehead atoms. The fourth-order valence-corrected chi connectivity index (χ4v) is 2.75. The molecule has 3 rings (SSSR count). The number of nitrogens with zero attached hydrogens (tertiary/aromatic N) is 3. The number of benzene rings is 1. The van der Waals surface area contributed by atoms with E-state index in [9.17, 15) is 8.78 Å². The van der Waals surface area contributed by atoms with Gasteiger partial charge in [-0.25, -0.2) is 18.3 Å². The summed E-state index contributed by atoms with van der Waals surface area (Å²) in [5, 5.41) is 4.06. The Balaban J connectivity index is 2.23. The Morgan fingerprint density at radius 3 is 2.59 bits per heavy atom. The van der Waals surface area contributed by atoms with Crippen LogP contribution in [-0.2, 0) is 0 Å². The number of aromatic nitrogens is 3. The highest BCUT2D eigenvalue weighted by atomic mass is 79.9. The topological polar surface area (TPSA) is 30.2 Å². The molecule has 3 aromatic rings. The first kappa shape index (κ1) is 10.8. The van der Waals surface area contributed by atoms with E-state index >= 15 is 0 Å². The van der Waals surface area contributed by atoms with Crippen LogP contribution in [0.25, 0.3) is 16.2 Å². The van der Waals surface area contributed by atoms with E-state index in [0.717, 1.165) is 0 Å². The van der Waals surface area contributed by atoms with E-state index in [1.807, 2.05) is 0 Å². The molecule has 0 aliphatic rings. The Hall–Kier alpha value is -1.34. The van der Waals surface area contributed by atoms with Crippen LogP contribution in [0.1, 0.15) is 0 Å².